The third-order valence-corrected chi connectivity index (χ3v) is 5.08. The lowest BCUT2D eigenvalue weighted by Crippen LogP contribution is -2.47. The minimum atomic E-state index is -0.421. The summed E-state index contributed by atoms with van der Waals surface area (Å²) in [5.74, 6) is 1.06. The molecule has 26 heavy (non-hydrogen) atoms. The number of nitrogens with zero attached hydrogens (tertiary/aromatic N) is 2. The van der Waals surface area contributed by atoms with E-state index in [1.54, 1.807) is 12.1 Å². The first-order chi connectivity index (χ1) is 12.0. The molecule has 1 aromatic rings. The number of hydrogen-bond acceptors (Lipinski definition) is 5. The van der Waals surface area contributed by atoms with Crippen molar-refractivity contribution in [3.05, 3.63) is 34.4 Å². The van der Waals surface area contributed by atoms with Gasteiger partial charge in [0.1, 0.15) is 11.9 Å². The van der Waals surface area contributed by atoms with Crippen LogP contribution >= 0.6 is 12.4 Å². The second-order valence-corrected chi connectivity index (χ2v) is 6.97. The van der Waals surface area contributed by atoms with Crippen molar-refractivity contribution in [1.29, 1.82) is 0 Å². The molecule has 1 amide bonds. The number of benzene rings is 1. The molecule has 8 heteroatoms. The summed E-state index contributed by atoms with van der Waals surface area (Å²) >= 11 is 0. The van der Waals surface area contributed by atoms with E-state index in [9.17, 15) is 14.9 Å². The van der Waals surface area contributed by atoms with Gasteiger partial charge in [0.25, 0.3) is 5.69 Å². The highest BCUT2D eigenvalue weighted by molar-refractivity contribution is 5.85. The first-order valence-electron chi connectivity index (χ1n) is 8.96. The standard InChI is InChI=1S/C18H25N3O4.ClH/c1-13-12-14(6-9-19-13)18(22)20-10-7-17(8-11-20)25-16-4-2-15(3-5-16)21(23)24;/h2-5,13-14,17,19H,6-12H2,1H3;1H/t13-,14-;/m0./s1. The maximum absolute atomic E-state index is 12.7. The van der Waals surface area contributed by atoms with E-state index in [1.807, 2.05) is 4.90 Å². The fourth-order valence-corrected chi connectivity index (χ4v) is 3.65. The number of carbonyl (C=O) groups excluding carboxylic acids is 1. The van der Waals surface area contributed by atoms with E-state index in [4.69, 9.17) is 4.74 Å². The summed E-state index contributed by atoms with van der Waals surface area (Å²) in [7, 11) is 0. The molecule has 1 aromatic carbocycles. The first kappa shape index (κ1) is 20.5. The lowest BCUT2D eigenvalue weighted by Gasteiger charge is -2.36. The first-order valence-corrected chi connectivity index (χ1v) is 8.96. The third kappa shape index (κ3) is 5.08. The summed E-state index contributed by atoms with van der Waals surface area (Å²) in [6.07, 6.45) is 3.48. The Bertz CT molecular complexity index is 617. The van der Waals surface area contributed by atoms with Gasteiger partial charge in [0.15, 0.2) is 0 Å². The summed E-state index contributed by atoms with van der Waals surface area (Å²) in [5, 5.41) is 14.1. The molecule has 0 saturated carbocycles. The highest BCUT2D eigenvalue weighted by Gasteiger charge is 2.31. The summed E-state index contributed by atoms with van der Waals surface area (Å²) in [4.78, 5) is 24.9. The second-order valence-electron chi connectivity index (χ2n) is 6.97. The Kier molecular flexibility index (Phi) is 7.23. The van der Waals surface area contributed by atoms with Gasteiger partial charge in [0, 0.05) is 50.0 Å². The average molecular weight is 384 g/mol. The Labute approximate surface area is 159 Å². The van der Waals surface area contributed by atoms with Crippen LogP contribution in [0.1, 0.15) is 32.6 Å². The molecule has 144 valence electrons. The second kappa shape index (κ2) is 9.19. The summed E-state index contributed by atoms with van der Waals surface area (Å²) in [6, 6.07) is 6.57. The number of carbonyl (C=O) groups is 1. The molecule has 2 heterocycles. The molecule has 1 N–H and O–H groups in total. The fourth-order valence-electron chi connectivity index (χ4n) is 3.65. The zero-order valence-electron chi connectivity index (χ0n) is 14.9. The number of nitro benzene ring substituents is 1. The van der Waals surface area contributed by atoms with Crippen molar-refractivity contribution < 1.29 is 14.5 Å². The number of piperidine rings is 2. The van der Waals surface area contributed by atoms with Crippen LogP contribution < -0.4 is 10.1 Å². The van der Waals surface area contributed by atoms with E-state index in [0.29, 0.717) is 11.8 Å². The molecule has 0 unspecified atom stereocenters. The molecule has 3 rings (SSSR count). The van der Waals surface area contributed by atoms with Crippen LogP contribution in [-0.2, 0) is 4.79 Å². The number of rotatable bonds is 4. The van der Waals surface area contributed by atoms with Crippen molar-refractivity contribution in [2.75, 3.05) is 19.6 Å². The molecule has 2 aliphatic heterocycles. The van der Waals surface area contributed by atoms with Crippen LogP contribution in [0.15, 0.2) is 24.3 Å². The van der Waals surface area contributed by atoms with Crippen molar-refractivity contribution in [3.8, 4) is 5.75 Å². The number of non-ortho nitro benzene ring substituents is 1. The van der Waals surface area contributed by atoms with Crippen LogP contribution in [0, 0.1) is 16.0 Å². The summed E-state index contributed by atoms with van der Waals surface area (Å²) in [5.41, 5.74) is 0.0592. The average Bonchev–Trinajstić information content (AvgIpc) is 2.62. The Hall–Kier alpha value is -1.86. The molecular weight excluding hydrogens is 358 g/mol. The lowest BCUT2D eigenvalue weighted by molar-refractivity contribution is -0.384. The van der Waals surface area contributed by atoms with Gasteiger partial charge in [-0.2, -0.15) is 0 Å². The SMILES string of the molecule is C[C@H]1C[C@@H](C(=O)N2CCC(Oc3ccc([N+](=O)[O-])cc3)CC2)CCN1.Cl. The summed E-state index contributed by atoms with van der Waals surface area (Å²) in [6.45, 7) is 4.48. The van der Waals surface area contributed by atoms with Gasteiger partial charge in [-0.15, -0.1) is 12.4 Å². The van der Waals surface area contributed by atoms with Gasteiger partial charge >= 0.3 is 0 Å². The maximum Gasteiger partial charge on any atom is 0.269 e. The normalized spacial score (nSPS) is 23.8. The highest BCUT2D eigenvalue weighted by atomic mass is 35.5. The van der Waals surface area contributed by atoms with Gasteiger partial charge < -0.3 is 15.0 Å². The highest BCUT2D eigenvalue weighted by Crippen LogP contribution is 2.24. The molecule has 7 nitrogen and oxygen atoms in total. The van der Waals surface area contributed by atoms with E-state index in [0.717, 1.165) is 45.3 Å². The predicted octanol–water partition coefficient (Wildman–Crippen LogP) is 2.77. The topological polar surface area (TPSA) is 84.7 Å². The van der Waals surface area contributed by atoms with Crippen molar-refractivity contribution in [2.24, 2.45) is 5.92 Å². The van der Waals surface area contributed by atoms with Crippen LogP contribution in [-0.4, -0.2) is 47.5 Å². The monoisotopic (exact) mass is 383 g/mol. The van der Waals surface area contributed by atoms with Gasteiger partial charge in [0.2, 0.25) is 5.91 Å². The molecule has 2 atom stereocenters. The molecule has 2 fully saturated rings. The Morgan fingerprint density at radius 1 is 1.23 bits per heavy atom. The number of ether oxygens (including phenoxy) is 1. The Balaban J connectivity index is 0.00000243. The molecular formula is C18H26ClN3O4. The lowest BCUT2D eigenvalue weighted by atomic mass is 9.91. The number of amides is 1. The van der Waals surface area contributed by atoms with Gasteiger partial charge in [-0.1, -0.05) is 0 Å². The molecule has 0 radical (unpaired) electrons. The minimum Gasteiger partial charge on any atom is -0.490 e. The zero-order chi connectivity index (χ0) is 17.8. The Morgan fingerprint density at radius 3 is 2.46 bits per heavy atom. The smallest absolute Gasteiger partial charge is 0.269 e. The van der Waals surface area contributed by atoms with E-state index in [1.165, 1.54) is 12.1 Å². The van der Waals surface area contributed by atoms with Crippen LogP contribution in [0.5, 0.6) is 5.75 Å². The fraction of sp³-hybridized carbons (Fsp3) is 0.611. The number of nitrogens with one attached hydrogen (secondary N) is 1. The Morgan fingerprint density at radius 2 is 1.88 bits per heavy atom. The summed E-state index contributed by atoms with van der Waals surface area (Å²) < 4.78 is 5.91. The van der Waals surface area contributed by atoms with E-state index in [-0.39, 0.29) is 36.0 Å². The van der Waals surface area contributed by atoms with Crippen LogP contribution in [0.3, 0.4) is 0 Å². The van der Waals surface area contributed by atoms with Crippen LogP contribution in [0.25, 0.3) is 0 Å². The molecule has 0 aliphatic carbocycles. The number of likely N-dealkylation sites (tertiary alicyclic amines) is 1. The molecule has 2 aliphatic rings. The third-order valence-electron chi connectivity index (χ3n) is 5.08. The van der Waals surface area contributed by atoms with E-state index >= 15 is 0 Å². The number of halogens is 1. The van der Waals surface area contributed by atoms with Crippen LogP contribution in [0.2, 0.25) is 0 Å². The molecule has 0 spiro atoms. The maximum atomic E-state index is 12.7. The van der Waals surface area contributed by atoms with Gasteiger partial charge in [-0.05, 0) is 38.4 Å². The van der Waals surface area contributed by atoms with Crippen LogP contribution in [0.4, 0.5) is 5.69 Å². The minimum absolute atomic E-state index is 0. The molecule has 0 bridgehead atoms. The molecule has 0 aromatic heterocycles. The zero-order valence-corrected chi connectivity index (χ0v) is 15.7. The molecule has 2 saturated heterocycles. The van der Waals surface area contributed by atoms with E-state index < -0.39 is 4.92 Å². The van der Waals surface area contributed by atoms with Crippen molar-refractivity contribution in [2.45, 2.75) is 44.8 Å². The van der Waals surface area contributed by atoms with Crippen molar-refractivity contribution in [1.82, 2.24) is 10.2 Å². The number of hydrogen-bond donors (Lipinski definition) is 1. The predicted molar refractivity (Wildman–Crippen MR) is 101 cm³/mol. The van der Waals surface area contributed by atoms with Gasteiger partial charge in [-0.3, -0.25) is 14.9 Å². The number of nitro groups is 1. The van der Waals surface area contributed by atoms with E-state index in [2.05, 4.69) is 12.2 Å². The van der Waals surface area contributed by atoms with Gasteiger partial charge in [0.05, 0.1) is 4.92 Å². The quantitative estimate of drug-likeness (QED) is 0.638. The van der Waals surface area contributed by atoms with Crippen molar-refractivity contribution in [3.63, 3.8) is 0 Å². The van der Waals surface area contributed by atoms with Crippen molar-refractivity contribution >= 4 is 24.0 Å². The largest absolute Gasteiger partial charge is 0.490 e. The van der Waals surface area contributed by atoms with Gasteiger partial charge in [-0.25, -0.2) is 0 Å².